The highest BCUT2D eigenvalue weighted by Gasteiger charge is 2.29. The van der Waals surface area contributed by atoms with Gasteiger partial charge in [0.15, 0.2) is 0 Å². The fourth-order valence-corrected chi connectivity index (χ4v) is 3.36. The van der Waals surface area contributed by atoms with Crippen molar-refractivity contribution in [1.82, 2.24) is 5.32 Å². The molecule has 1 aliphatic carbocycles. The Balaban J connectivity index is 2.23. The highest BCUT2D eigenvalue weighted by atomic mass is 14.9. The van der Waals surface area contributed by atoms with Gasteiger partial charge >= 0.3 is 0 Å². The number of hydrogen-bond acceptors (Lipinski definition) is 1. The predicted octanol–water partition coefficient (Wildman–Crippen LogP) is 5.01. The lowest BCUT2D eigenvalue weighted by Gasteiger charge is -2.37. The average Bonchev–Trinajstić information content (AvgIpc) is 2.34. The Morgan fingerprint density at radius 2 is 1.67 bits per heavy atom. The molecular formula is C17H35N. The van der Waals surface area contributed by atoms with E-state index in [0.29, 0.717) is 5.41 Å². The summed E-state index contributed by atoms with van der Waals surface area (Å²) in [5.74, 6) is 1.89. The molecule has 1 N–H and O–H groups in total. The van der Waals surface area contributed by atoms with Crippen LogP contribution in [0.15, 0.2) is 0 Å². The SMILES string of the molecule is CCCC(CC)NCC1CCC(C(C)(C)C)CC1. The second-order valence-corrected chi connectivity index (χ2v) is 7.39. The Hall–Kier alpha value is -0.0400. The maximum atomic E-state index is 3.79. The van der Waals surface area contributed by atoms with Crippen molar-refractivity contribution < 1.29 is 0 Å². The summed E-state index contributed by atoms with van der Waals surface area (Å²) in [5, 5.41) is 3.79. The molecule has 1 rings (SSSR count). The van der Waals surface area contributed by atoms with Crippen LogP contribution in [0.4, 0.5) is 0 Å². The summed E-state index contributed by atoms with van der Waals surface area (Å²) in [6.45, 7) is 13.1. The molecule has 18 heavy (non-hydrogen) atoms. The largest absolute Gasteiger partial charge is 0.314 e. The molecule has 1 aliphatic rings. The van der Waals surface area contributed by atoms with Crippen molar-refractivity contribution in [3.63, 3.8) is 0 Å². The number of rotatable bonds is 6. The van der Waals surface area contributed by atoms with E-state index in [1.165, 1.54) is 51.5 Å². The van der Waals surface area contributed by atoms with Crippen LogP contribution >= 0.6 is 0 Å². The van der Waals surface area contributed by atoms with Crippen molar-refractivity contribution in [3.05, 3.63) is 0 Å². The van der Waals surface area contributed by atoms with Crippen molar-refractivity contribution in [3.8, 4) is 0 Å². The molecule has 1 saturated carbocycles. The smallest absolute Gasteiger partial charge is 0.00644 e. The van der Waals surface area contributed by atoms with Crippen LogP contribution in [0.2, 0.25) is 0 Å². The molecule has 1 heteroatoms. The molecule has 1 fully saturated rings. The van der Waals surface area contributed by atoms with Gasteiger partial charge in [-0.2, -0.15) is 0 Å². The zero-order chi connectivity index (χ0) is 13.6. The Bertz CT molecular complexity index is 208. The maximum absolute atomic E-state index is 3.79. The predicted molar refractivity (Wildman–Crippen MR) is 81.9 cm³/mol. The van der Waals surface area contributed by atoms with Crippen molar-refractivity contribution >= 4 is 0 Å². The third-order valence-corrected chi connectivity index (χ3v) is 4.90. The second-order valence-electron chi connectivity index (χ2n) is 7.39. The highest BCUT2D eigenvalue weighted by molar-refractivity contribution is 4.81. The number of hydrogen-bond donors (Lipinski definition) is 1. The lowest BCUT2D eigenvalue weighted by Crippen LogP contribution is -2.35. The van der Waals surface area contributed by atoms with Crippen LogP contribution in [0.25, 0.3) is 0 Å². The van der Waals surface area contributed by atoms with E-state index >= 15 is 0 Å². The van der Waals surface area contributed by atoms with Crippen molar-refractivity contribution in [2.45, 2.75) is 85.6 Å². The topological polar surface area (TPSA) is 12.0 Å². The highest BCUT2D eigenvalue weighted by Crippen LogP contribution is 2.39. The molecule has 1 atom stereocenters. The number of nitrogens with one attached hydrogen (secondary N) is 1. The lowest BCUT2D eigenvalue weighted by atomic mass is 9.70. The normalized spacial score (nSPS) is 27.2. The Morgan fingerprint density at radius 3 is 2.11 bits per heavy atom. The van der Waals surface area contributed by atoms with Gasteiger partial charge in [0.2, 0.25) is 0 Å². The van der Waals surface area contributed by atoms with Crippen LogP contribution in [0.3, 0.4) is 0 Å². The van der Waals surface area contributed by atoms with Gasteiger partial charge in [-0.3, -0.25) is 0 Å². The summed E-state index contributed by atoms with van der Waals surface area (Å²) in [6.07, 6.45) is 9.71. The van der Waals surface area contributed by atoms with E-state index in [1.807, 2.05) is 0 Å². The van der Waals surface area contributed by atoms with Gasteiger partial charge in [0.05, 0.1) is 0 Å². The summed E-state index contributed by atoms with van der Waals surface area (Å²) >= 11 is 0. The Kier molecular flexibility index (Phi) is 6.70. The van der Waals surface area contributed by atoms with Gasteiger partial charge < -0.3 is 5.32 Å². The summed E-state index contributed by atoms with van der Waals surface area (Å²) < 4.78 is 0. The molecule has 0 heterocycles. The molecule has 0 aromatic carbocycles. The first kappa shape index (κ1) is 16.0. The standard InChI is InChI=1S/C17H35N/c1-6-8-16(7-2)18-13-14-9-11-15(12-10-14)17(3,4)5/h14-16,18H,6-13H2,1-5H3. The first-order valence-corrected chi connectivity index (χ1v) is 8.20. The van der Waals surface area contributed by atoms with E-state index in [-0.39, 0.29) is 0 Å². The lowest BCUT2D eigenvalue weighted by molar-refractivity contribution is 0.147. The van der Waals surface area contributed by atoms with E-state index in [2.05, 4.69) is 39.9 Å². The molecular weight excluding hydrogens is 218 g/mol. The molecule has 0 bridgehead atoms. The van der Waals surface area contributed by atoms with Gasteiger partial charge in [-0.25, -0.2) is 0 Å². The molecule has 0 spiro atoms. The first-order valence-electron chi connectivity index (χ1n) is 8.20. The third kappa shape index (κ3) is 5.30. The van der Waals surface area contributed by atoms with Gasteiger partial charge in [0.1, 0.15) is 0 Å². The molecule has 0 aromatic rings. The Morgan fingerprint density at radius 1 is 1.06 bits per heavy atom. The molecule has 0 aliphatic heterocycles. The van der Waals surface area contributed by atoms with Crippen LogP contribution in [-0.2, 0) is 0 Å². The maximum Gasteiger partial charge on any atom is 0.00644 e. The minimum Gasteiger partial charge on any atom is -0.314 e. The van der Waals surface area contributed by atoms with E-state index < -0.39 is 0 Å². The van der Waals surface area contributed by atoms with Crippen LogP contribution in [0, 0.1) is 17.3 Å². The van der Waals surface area contributed by atoms with Crippen LogP contribution in [0.1, 0.15) is 79.6 Å². The molecule has 0 aromatic heterocycles. The molecule has 0 amide bonds. The van der Waals surface area contributed by atoms with Crippen LogP contribution in [-0.4, -0.2) is 12.6 Å². The van der Waals surface area contributed by atoms with E-state index in [0.717, 1.165) is 17.9 Å². The molecule has 1 unspecified atom stereocenters. The van der Waals surface area contributed by atoms with Crippen molar-refractivity contribution in [1.29, 1.82) is 0 Å². The summed E-state index contributed by atoms with van der Waals surface area (Å²) in [7, 11) is 0. The fraction of sp³-hybridized carbons (Fsp3) is 1.00. The summed E-state index contributed by atoms with van der Waals surface area (Å²) in [5.41, 5.74) is 0.520. The summed E-state index contributed by atoms with van der Waals surface area (Å²) in [6, 6.07) is 0.760. The van der Waals surface area contributed by atoms with Crippen molar-refractivity contribution in [2.24, 2.45) is 17.3 Å². The van der Waals surface area contributed by atoms with Gasteiger partial charge in [-0.05, 0) is 62.3 Å². The van der Waals surface area contributed by atoms with Gasteiger partial charge in [0.25, 0.3) is 0 Å². The average molecular weight is 253 g/mol. The van der Waals surface area contributed by atoms with Gasteiger partial charge in [-0.15, -0.1) is 0 Å². The molecule has 0 radical (unpaired) electrons. The third-order valence-electron chi connectivity index (χ3n) is 4.90. The van der Waals surface area contributed by atoms with E-state index in [9.17, 15) is 0 Å². The zero-order valence-corrected chi connectivity index (χ0v) is 13.4. The van der Waals surface area contributed by atoms with Crippen LogP contribution < -0.4 is 5.32 Å². The van der Waals surface area contributed by atoms with E-state index in [1.54, 1.807) is 0 Å². The first-order chi connectivity index (χ1) is 8.47. The minimum absolute atomic E-state index is 0.520. The van der Waals surface area contributed by atoms with Crippen molar-refractivity contribution in [2.75, 3.05) is 6.54 Å². The quantitative estimate of drug-likeness (QED) is 0.702. The van der Waals surface area contributed by atoms with Gasteiger partial charge in [-0.1, -0.05) is 41.0 Å². The fourth-order valence-electron chi connectivity index (χ4n) is 3.36. The zero-order valence-electron chi connectivity index (χ0n) is 13.4. The molecule has 1 nitrogen and oxygen atoms in total. The monoisotopic (exact) mass is 253 g/mol. The van der Waals surface area contributed by atoms with Gasteiger partial charge in [0, 0.05) is 6.04 Å². The Labute approximate surface area is 115 Å². The molecule has 108 valence electrons. The summed E-state index contributed by atoms with van der Waals surface area (Å²) in [4.78, 5) is 0. The minimum atomic E-state index is 0.520. The molecule has 0 saturated heterocycles. The van der Waals surface area contributed by atoms with Crippen LogP contribution in [0.5, 0.6) is 0 Å². The van der Waals surface area contributed by atoms with E-state index in [4.69, 9.17) is 0 Å². The second kappa shape index (κ2) is 7.53.